The number of carbonyl (C=O) groups excluding carboxylic acids is 2. The first kappa shape index (κ1) is 26.8. The van der Waals surface area contributed by atoms with Gasteiger partial charge < -0.3 is 18.7 Å². The minimum atomic E-state index is -0.646. The molecule has 0 aliphatic rings. The highest BCUT2D eigenvalue weighted by molar-refractivity contribution is 6.31. The van der Waals surface area contributed by atoms with E-state index in [1.165, 1.54) is 7.11 Å². The Kier molecular flexibility index (Phi) is 8.66. The minimum Gasteiger partial charge on any atom is -0.489 e. The molecule has 4 rings (SSSR count). The molecule has 9 heteroatoms. The average Bonchev–Trinajstić information content (AvgIpc) is 3.28. The Morgan fingerprint density at radius 3 is 2.37 bits per heavy atom. The van der Waals surface area contributed by atoms with Crippen molar-refractivity contribution in [3.63, 3.8) is 0 Å². The summed E-state index contributed by atoms with van der Waals surface area (Å²) >= 11 is 6.21. The number of halogens is 1. The largest absolute Gasteiger partial charge is 0.489 e. The zero-order chi connectivity index (χ0) is 27.1. The zero-order valence-electron chi connectivity index (χ0n) is 21.2. The van der Waals surface area contributed by atoms with Crippen molar-refractivity contribution in [3.05, 3.63) is 100 Å². The third-order valence-corrected chi connectivity index (χ3v) is 6.18. The van der Waals surface area contributed by atoms with Gasteiger partial charge in [-0.2, -0.15) is 0 Å². The monoisotopic (exact) mass is 534 g/mol. The third-order valence-electron chi connectivity index (χ3n) is 5.84. The molecule has 0 saturated heterocycles. The van der Waals surface area contributed by atoms with Gasteiger partial charge >= 0.3 is 12.1 Å². The predicted molar refractivity (Wildman–Crippen MR) is 143 cm³/mol. The van der Waals surface area contributed by atoms with Crippen LogP contribution in [0.5, 0.6) is 5.75 Å². The van der Waals surface area contributed by atoms with E-state index in [1.807, 2.05) is 66.7 Å². The maximum Gasteiger partial charge on any atom is 0.412 e. The highest BCUT2D eigenvalue weighted by Gasteiger charge is 2.20. The number of aryl methyl sites for hydroxylation is 1. The summed E-state index contributed by atoms with van der Waals surface area (Å²) in [4.78, 5) is 24.0. The third kappa shape index (κ3) is 6.72. The molecule has 0 aliphatic carbocycles. The van der Waals surface area contributed by atoms with Crippen LogP contribution in [-0.2, 0) is 27.3 Å². The number of ether oxygens (including phenoxy) is 3. The van der Waals surface area contributed by atoms with E-state index in [-0.39, 0.29) is 12.4 Å². The summed E-state index contributed by atoms with van der Waals surface area (Å²) in [6.45, 7) is 3.84. The standard InChI is InChI=1S/C29H27ClN2O6/c1-18-27(31-29(34)37-19(2)24-6-4-5-7-25(24)30)28(38-32-18)22-12-8-21(9-13-22)17-36-23-14-10-20(11-15-23)16-26(33)35-3/h4-15,19H,16-17H2,1-3H3,(H,31,34). The molecule has 4 aromatic rings. The summed E-state index contributed by atoms with van der Waals surface area (Å²) in [6.07, 6.45) is -0.975. The van der Waals surface area contributed by atoms with Crippen LogP contribution < -0.4 is 10.1 Å². The van der Waals surface area contributed by atoms with Gasteiger partial charge in [0.25, 0.3) is 0 Å². The smallest absolute Gasteiger partial charge is 0.412 e. The molecule has 1 N–H and O–H groups in total. The molecule has 1 atom stereocenters. The number of rotatable bonds is 9. The van der Waals surface area contributed by atoms with E-state index in [2.05, 4.69) is 15.2 Å². The Bertz CT molecular complexity index is 1400. The molecule has 1 aromatic heterocycles. The Morgan fingerprint density at radius 1 is 1.00 bits per heavy atom. The molecule has 0 saturated carbocycles. The van der Waals surface area contributed by atoms with E-state index in [0.29, 0.717) is 40.1 Å². The molecular weight excluding hydrogens is 508 g/mol. The average molecular weight is 535 g/mol. The summed E-state index contributed by atoms with van der Waals surface area (Å²) in [5, 5.41) is 7.27. The van der Waals surface area contributed by atoms with Gasteiger partial charge in [0.05, 0.1) is 13.5 Å². The first-order valence-corrected chi connectivity index (χ1v) is 12.3. The van der Waals surface area contributed by atoms with Crippen molar-refractivity contribution in [1.29, 1.82) is 0 Å². The molecule has 38 heavy (non-hydrogen) atoms. The van der Waals surface area contributed by atoms with Crippen LogP contribution in [0.15, 0.2) is 77.3 Å². The summed E-state index contributed by atoms with van der Waals surface area (Å²) in [5.41, 5.74) is 4.17. The highest BCUT2D eigenvalue weighted by Crippen LogP contribution is 2.32. The molecule has 196 valence electrons. The lowest BCUT2D eigenvalue weighted by Gasteiger charge is -2.15. The molecule has 8 nitrogen and oxygen atoms in total. The van der Waals surface area contributed by atoms with Gasteiger partial charge in [0, 0.05) is 16.1 Å². The van der Waals surface area contributed by atoms with Crippen LogP contribution in [0, 0.1) is 6.92 Å². The van der Waals surface area contributed by atoms with Crippen LogP contribution in [0.1, 0.15) is 35.4 Å². The van der Waals surface area contributed by atoms with E-state index in [1.54, 1.807) is 19.9 Å². The topological polar surface area (TPSA) is 99.9 Å². The van der Waals surface area contributed by atoms with E-state index in [4.69, 9.17) is 25.6 Å². The number of methoxy groups -OCH3 is 1. The van der Waals surface area contributed by atoms with Crippen molar-refractivity contribution in [3.8, 4) is 17.1 Å². The maximum atomic E-state index is 12.6. The SMILES string of the molecule is COC(=O)Cc1ccc(OCc2ccc(-c3onc(C)c3NC(=O)OC(C)c3ccccc3Cl)cc2)cc1. The maximum absolute atomic E-state index is 12.6. The second kappa shape index (κ2) is 12.3. The van der Waals surface area contributed by atoms with Crippen molar-refractivity contribution in [2.45, 2.75) is 33.0 Å². The number of nitrogens with one attached hydrogen (secondary N) is 1. The highest BCUT2D eigenvalue weighted by atomic mass is 35.5. The number of amides is 1. The van der Waals surface area contributed by atoms with E-state index in [9.17, 15) is 9.59 Å². The molecule has 0 bridgehead atoms. The fourth-order valence-corrected chi connectivity index (χ4v) is 4.03. The van der Waals surface area contributed by atoms with Gasteiger partial charge in [0.15, 0.2) is 5.76 Å². The van der Waals surface area contributed by atoms with Crippen LogP contribution in [0.2, 0.25) is 5.02 Å². The van der Waals surface area contributed by atoms with Gasteiger partial charge in [0.1, 0.15) is 29.8 Å². The van der Waals surface area contributed by atoms with E-state index in [0.717, 1.165) is 16.7 Å². The van der Waals surface area contributed by atoms with Crippen molar-refractivity contribution in [1.82, 2.24) is 5.16 Å². The van der Waals surface area contributed by atoms with Crippen molar-refractivity contribution >= 4 is 29.4 Å². The Hall–Kier alpha value is -4.30. The number of hydrogen-bond acceptors (Lipinski definition) is 7. The molecule has 0 spiro atoms. The summed E-state index contributed by atoms with van der Waals surface area (Å²) in [6, 6.07) is 22.0. The molecule has 1 unspecified atom stereocenters. The Balaban J connectivity index is 1.37. The van der Waals surface area contributed by atoms with E-state index >= 15 is 0 Å². The van der Waals surface area contributed by atoms with Crippen LogP contribution in [-0.4, -0.2) is 24.3 Å². The molecule has 0 fully saturated rings. The number of nitrogens with zero attached hydrogens (tertiary/aromatic N) is 1. The summed E-state index contributed by atoms with van der Waals surface area (Å²) in [7, 11) is 1.37. The quantitative estimate of drug-likeness (QED) is 0.233. The molecule has 0 aliphatic heterocycles. The van der Waals surface area contributed by atoms with Gasteiger partial charge in [-0.3, -0.25) is 10.1 Å². The number of hydrogen-bond donors (Lipinski definition) is 1. The van der Waals surface area contributed by atoms with Gasteiger partial charge in [-0.15, -0.1) is 0 Å². The van der Waals surface area contributed by atoms with Gasteiger partial charge in [-0.1, -0.05) is 71.4 Å². The zero-order valence-corrected chi connectivity index (χ0v) is 22.0. The molecular formula is C29H27ClN2O6. The second-order valence-electron chi connectivity index (χ2n) is 8.55. The Morgan fingerprint density at radius 2 is 1.68 bits per heavy atom. The number of benzene rings is 3. The van der Waals surface area contributed by atoms with Crippen LogP contribution >= 0.6 is 11.6 Å². The Labute approximate surface area is 225 Å². The van der Waals surface area contributed by atoms with Gasteiger partial charge in [-0.05, 0) is 43.2 Å². The fourth-order valence-electron chi connectivity index (χ4n) is 3.74. The number of aromatic nitrogens is 1. The van der Waals surface area contributed by atoms with Crippen LogP contribution in [0.4, 0.5) is 10.5 Å². The molecule has 1 amide bonds. The summed E-state index contributed by atoms with van der Waals surface area (Å²) in [5.74, 6) is 0.811. The minimum absolute atomic E-state index is 0.217. The normalized spacial score (nSPS) is 11.5. The lowest BCUT2D eigenvalue weighted by Crippen LogP contribution is -2.17. The molecule has 0 radical (unpaired) electrons. The van der Waals surface area contributed by atoms with Gasteiger partial charge in [-0.25, -0.2) is 4.79 Å². The summed E-state index contributed by atoms with van der Waals surface area (Å²) < 4.78 is 21.6. The molecule has 3 aromatic carbocycles. The van der Waals surface area contributed by atoms with Crippen LogP contribution in [0.25, 0.3) is 11.3 Å². The van der Waals surface area contributed by atoms with Crippen molar-refractivity contribution in [2.24, 2.45) is 0 Å². The number of esters is 1. The van der Waals surface area contributed by atoms with E-state index < -0.39 is 12.2 Å². The molecule has 1 heterocycles. The van der Waals surface area contributed by atoms with Crippen molar-refractivity contribution < 1.29 is 28.3 Å². The lowest BCUT2D eigenvalue weighted by molar-refractivity contribution is -0.139. The number of anilines is 1. The second-order valence-corrected chi connectivity index (χ2v) is 8.96. The van der Waals surface area contributed by atoms with Crippen molar-refractivity contribution in [2.75, 3.05) is 12.4 Å². The first-order valence-electron chi connectivity index (χ1n) is 11.9. The lowest BCUT2D eigenvalue weighted by atomic mass is 10.1. The number of carbonyl (C=O) groups is 2. The predicted octanol–water partition coefficient (Wildman–Crippen LogP) is 6.91. The first-order chi connectivity index (χ1) is 18.3. The van der Waals surface area contributed by atoms with Gasteiger partial charge in [0.2, 0.25) is 0 Å². The fraction of sp³-hybridized carbons (Fsp3) is 0.207. The van der Waals surface area contributed by atoms with Crippen LogP contribution in [0.3, 0.4) is 0 Å².